The van der Waals surface area contributed by atoms with Gasteiger partial charge < -0.3 is 5.73 Å². The van der Waals surface area contributed by atoms with Gasteiger partial charge in [-0.15, -0.1) is 0 Å². The second kappa shape index (κ2) is 7.86. The summed E-state index contributed by atoms with van der Waals surface area (Å²) in [5.41, 5.74) is 5.93. The number of anilines is 1. The molecule has 0 bridgehead atoms. The number of sulfonamides is 1. The van der Waals surface area contributed by atoms with Crippen LogP contribution >= 0.6 is 11.6 Å². The molecule has 1 aromatic rings. The van der Waals surface area contributed by atoms with Crippen molar-refractivity contribution in [2.45, 2.75) is 56.9 Å². The number of rotatable bonds is 8. The lowest BCUT2D eigenvalue weighted by molar-refractivity contribution is 0.483. The van der Waals surface area contributed by atoms with E-state index in [1.807, 2.05) is 6.92 Å². The second-order valence-corrected chi connectivity index (χ2v) is 6.97. The molecule has 4 nitrogen and oxygen atoms in total. The molecule has 0 saturated carbocycles. The number of hydrogen-bond donors (Lipinski definition) is 2. The minimum atomic E-state index is -3.68. The van der Waals surface area contributed by atoms with Gasteiger partial charge in [-0.3, -0.25) is 0 Å². The van der Waals surface area contributed by atoms with Gasteiger partial charge in [0.1, 0.15) is 4.90 Å². The van der Waals surface area contributed by atoms with Gasteiger partial charge in [0.15, 0.2) is 0 Å². The van der Waals surface area contributed by atoms with Gasteiger partial charge in [-0.2, -0.15) is 0 Å². The molecule has 3 N–H and O–H groups in total. The van der Waals surface area contributed by atoms with Crippen molar-refractivity contribution in [1.82, 2.24) is 4.72 Å². The van der Waals surface area contributed by atoms with E-state index in [-0.39, 0.29) is 21.6 Å². The van der Waals surface area contributed by atoms with Crippen LogP contribution < -0.4 is 10.5 Å². The zero-order valence-electron chi connectivity index (χ0n) is 12.0. The third-order valence-corrected chi connectivity index (χ3v) is 5.19. The number of halogens is 1. The Morgan fingerprint density at radius 3 is 2.50 bits per heavy atom. The highest BCUT2D eigenvalue weighted by molar-refractivity contribution is 7.89. The zero-order chi connectivity index (χ0) is 15.2. The van der Waals surface area contributed by atoms with E-state index in [0.29, 0.717) is 0 Å². The number of nitrogens with one attached hydrogen (secondary N) is 1. The van der Waals surface area contributed by atoms with Crippen molar-refractivity contribution in [3.05, 3.63) is 23.2 Å². The summed E-state index contributed by atoms with van der Waals surface area (Å²) >= 11 is 5.98. The SMILES string of the molecule is CCCCC(CCC)NS(=O)(=O)c1c(N)cccc1Cl. The van der Waals surface area contributed by atoms with E-state index in [4.69, 9.17) is 17.3 Å². The van der Waals surface area contributed by atoms with Crippen LogP contribution in [0.3, 0.4) is 0 Å². The fourth-order valence-corrected chi connectivity index (χ4v) is 4.13. The average molecular weight is 319 g/mol. The molecule has 0 aliphatic heterocycles. The molecule has 0 heterocycles. The van der Waals surface area contributed by atoms with Gasteiger partial charge in [-0.05, 0) is 25.0 Å². The summed E-state index contributed by atoms with van der Waals surface area (Å²) in [5, 5.41) is 0.156. The zero-order valence-corrected chi connectivity index (χ0v) is 13.6. The third-order valence-electron chi connectivity index (χ3n) is 3.13. The molecule has 1 unspecified atom stereocenters. The molecule has 0 fully saturated rings. The summed E-state index contributed by atoms with van der Waals surface area (Å²) in [5.74, 6) is 0. The summed E-state index contributed by atoms with van der Waals surface area (Å²) in [6.07, 6.45) is 4.59. The van der Waals surface area contributed by atoms with Gasteiger partial charge in [0.25, 0.3) is 0 Å². The highest BCUT2D eigenvalue weighted by Crippen LogP contribution is 2.27. The van der Waals surface area contributed by atoms with E-state index >= 15 is 0 Å². The molecule has 1 rings (SSSR count). The van der Waals surface area contributed by atoms with Crippen LogP contribution in [-0.2, 0) is 10.0 Å². The molecule has 1 atom stereocenters. The molecule has 1 aromatic carbocycles. The maximum absolute atomic E-state index is 12.4. The number of unbranched alkanes of at least 4 members (excludes halogenated alkanes) is 1. The number of nitrogen functional groups attached to an aromatic ring is 1. The van der Waals surface area contributed by atoms with Crippen molar-refractivity contribution < 1.29 is 8.42 Å². The predicted octanol–water partition coefficient (Wildman–Crippen LogP) is 3.56. The van der Waals surface area contributed by atoms with Crippen molar-refractivity contribution in [2.24, 2.45) is 0 Å². The Morgan fingerprint density at radius 1 is 1.25 bits per heavy atom. The summed E-state index contributed by atoms with van der Waals surface area (Å²) < 4.78 is 27.6. The molecular formula is C14H23ClN2O2S. The van der Waals surface area contributed by atoms with Gasteiger partial charge in [0.2, 0.25) is 10.0 Å². The van der Waals surface area contributed by atoms with Crippen molar-refractivity contribution in [2.75, 3.05) is 5.73 Å². The molecule has 0 aliphatic carbocycles. The lowest BCUT2D eigenvalue weighted by Crippen LogP contribution is -2.35. The Bertz CT molecular complexity index is 512. The fraction of sp³-hybridized carbons (Fsp3) is 0.571. The van der Waals surface area contributed by atoms with Crippen LogP contribution in [0.25, 0.3) is 0 Å². The normalized spacial score (nSPS) is 13.3. The maximum Gasteiger partial charge on any atom is 0.244 e. The highest BCUT2D eigenvalue weighted by Gasteiger charge is 2.24. The Morgan fingerprint density at radius 2 is 1.95 bits per heavy atom. The van der Waals surface area contributed by atoms with Crippen LogP contribution in [0.4, 0.5) is 5.69 Å². The van der Waals surface area contributed by atoms with Crippen LogP contribution in [0.2, 0.25) is 5.02 Å². The molecule has 0 amide bonds. The molecular weight excluding hydrogens is 296 g/mol. The molecule has 0 saturated heterocycles. The molecule has 20 heavy (non-hydrogen) atoms. The lowest BCUT2D eigenvalue weighted by Gasteiger charge is -2.19. The van der Waals surface area contributed by atoms with Gasteiger partial charge in [0, 0.05) is 6.04 Å². The summed E-state index contributed by atoms with van der Waals surface area (Å²) in [4.78, 5) is -0.0146. The summed E-state index contributed by atoms with van der Waals surface area (Å²) in [6.45, 7) is 4.13. The topological polar surface area (TPSA) is 72.2 Å². The van der Waals surface area contributed by atoms with E-state index in [9.17, 15) is 8.42 Å². The van der Waals surface area contributed by atoms with E-state index in [2.05, 4.69) is 11.6 Å². The molecule has 0 aromatic heterocycles. The molecule has 114 valence electrons. The first-order valence-electron chi connectivity index (χ1n) is 6.98. The van der Waals surface area contributed by atoms with Crippen LogP contribution in [0, 0.1) is 0 Å². The largest absolute Gasteiger partial charge is 0.398 e. The number of nitrogens with two attached hydrogens (primary N) is 1. The van der Waals surface area contributed by atoms with E-state index in [1.165, 1.54) is 6.07 Å². The van der Waals surface area contributed by atoms with Crippen LogP contribution in [0.5, 0.6) is 0 Å². The van der Waals surface area contributed by atoms with Crippen LogP contribution in [0.15, 0.2) is 23.1 Å². The van der Waals surface area contributed by atoms with Crippen molar-refractivity contribution >= 4 is 27.3 Å². The minimum absolute atomic E-state index is 0.0146. The van der Waals surface area contributed by atoms with Crippen LogP contribution in [-0.4, -0.2) is 14.5 Å². The van der Waals surface area contributed by atoms with E-state index < -0.39 is 10.0 Å². The van der Waals surface area contributed by atoms with Gasteiger partial charge >= 0.3 is 0 Å². The second-order valence-electron chi connectivity index (χ2n) is 4.91. The highest BCUT2D eigenvalue weighted by atomic mass is 35.5. The first kappa shape index (κ1) is 17.3. The van der Waals surface area contributed by atoms with E-state index in [1.54, 1.807) is 12.1 Å². The van der Waals surface area contributed by atoms with Crippen molar-refractivity contribution in [1.29, 1.82) is 0 Å². The molecule has 0 aliphatic rings. The monoisotopic (exact) mass is 318 g/mol. The molecule has 6 heteroatoms. The van der Waals surface area contributed by atoms with Crippen molar-refractivity contribution in [3.63, 3.8) is 0 Å². The van der Waals surface area contributed by atoms with Gasteiger partial charge in [-0.25, -0.2) is 13.1 Å². The van der Waals surface area contributed by atoms with Crippen molar-refractivity contribution in [3.8, 4) is 0 Å². The van der Waals surface area contributed by atoms with Gasteiger partial charge in [-0.1, -0.05) is 50.8 Å². The standard InChI is InChI=1S/C14H23ClN2O2S/c1-3-5-8-11(7-4-2)17-20(18,19)14-12(15)9-6-10-13(14)16/h6,9-11,17H,3-5,7-8,16H2,1-2H3. The predicted molar refractivity (Wildman–Crippen MR) is 84.4 cm³/mol. The average Bonchev–Trinajstić information content (AvgIpc) is 2.35. The Labute approximate surface area is 126 Å². The first-order valence-corrected chi connectivity index (χ1v) is 8.84. The van der Waals surface area contributed by atoms with Gasteiger partial charge in [0.05, 0.1) is 10.7 Å². The van der Waals surface area contributed by atoms with E-state index in [0.717, 1.165) is 32.1 Å². The Balaban J connectivity index is 2.97. The molecule has 0 radical (unpaired) electrons. The first-order chi connectivity index (χ1) is 9.42. The van der Waals surface area contributed by atoms with Crippen LogP contribution in [0.1, 0.15) is 46.0 Å². The summed E-state index contributed by atoms with van der Waals surface area (Å²) in [7, 11) is -3.68. The number of hydrogen-bond acceptors (Lipinski definition) is 3. The quantitative estimate of drug-likeness (QED) is 0.720. The maximum atomic E-state index is 12.4. The smallest absolute Gasteiger partial charge is 0.244 e. The minimum Gasteiger partial charge on any atom is -0.398 e. The Hall–Kier alpha value is -0.780. The Kier molecular flexibility index (Phi) is 6.79. The third kappa shape index (κ3) is 4.65. The fourth-order valence-electron chi connectivity index (χ4n) is 2.15. The lowest BCUT2D eigenvalue weighted by atomic mass is 10.1. The summed E-state index contributed by atoms with van der Waals surface area (Å²) in [6, 6.07) is 4.65. The number of benzene rings is 1. The molecule has 0 spiro atoms.